The third-order valence-corrected chi connectivity index (χ3v) is 13.0. The molecule has 0 fully saturated rings. The summed E-state index contributed by atoms with van der Waals surface area (Å²) in [5, 5.41) is 0. The molecule has 0 saturated heterocycles. The number of hydrogen-bond donors (Lipinski definition) is 0. The van der Waals surface area contributed by atoms with E-state index >= 15 is 39.5 Å². The van der Waals surface area contributed by atoms with Crippen LogP contribution in [-0.2, 0) is 6.18 Å². The fraction of sp³-hybridized carbons (Fsp3) is 0.0455. The highest BCUT2D eigenvalue weighted by atomic mass is 79.9. The van der Waals surface area contributed by atoms with Crippen LogP contribution in [-0.4, -0.2) is 0 Å². The second-order valence-corrected chi connectivity index (χ2v) is 17.6. The first kappa shape index (κ1) is 51.8. The van der Waals surface area contributed by atoms with Gasteiger partial charge >= 0.3 is 6.18 Å². The van der Waals surface area contributed by atoms with E-state index in [2.05, 4.69) is 63.7 Å². The molecule has 0 aliphatic rings. The monoisotopic (exact) mass is 1250 g/mol. The smallest absolute Gasteiger partial charge is 0.206 e. The average molecular weight is 1260 g/mol. The molecule has 360 valence electrons. The standard InChI is InChI=1S/C44H9Br4F21/c1-8-21(27(50)34(57)25(26(8)49)44(67,68)69)15-6-19(47)9(2-13(15)22-28(51)35(58)41(64)36(59)29(22)52)11-4-18(46)12(5-17(11)45)10-3-14(23-30(53)37(60)42(65)38(61)31(23)54)16(7-20(10)48)24-32(55)39(62)43(66)40(63)33(24)56/h2-7H,1H3. The van der Waals surface area contributed by atoms with Gasteiger partial charge < -0.3 is 0 Å². The summed E-state index contributed by atoms with van der Waals surface area (Å²) in [6.07, 6.45) is -5.86. The molecule has 0 saturated carbocycles. The van der Waals surface area contributed by atoms with Crippen molar-refractivity contribution in [2.24, 2.45) is 0 Å². The van der Waals surface area contributed by atoms with Crippen LogP contribution in [0.2, 0.25) is 0 Å². The predicted octanol–water partition coefficient (Wildman–Crippen LogP) is 18.6. The summed E-state index contributed by atoms with van der Waals surface area (Å²) in [4.78, 5) is 0. The van der Waals surface area contributed by atoms with Gasteiger partial charge in [-0.05, 0) is 93.4 Å². The van der Waals surface area contributed by atoms with E-state index in [1.807, 2.05) is 0 Å². The van der Waals surface area contributed by atoms with E-state index in [0.29, 0.717) is 31.2 Å². The van der Waals surface area contributed by atoms with Crippen LogP contribution >= 0.6 is 63.7 Å². The Hall–Kier alpha value is -5.01. The fourth-order valence-corrected chi connectivity index (χ4v) is 9.45. The lowest BCUT2D eigenvalue weighted by Crippen LogP contribution is -2.16. The Morgan fingerprint density at radius 2 is 0.464 bits per heavy atom. The van der Waals surface area contributed by atoms with Crippen LogP contribution in [0.25, 0.3) is 66.8 Å². The first-order chi connectivity index (χ1) is 32.0. The Morgan fingerprint density at radius 1 is 0.261 bits per heavy atom. The van der Waals surface area contributed by atoms with Crippen molar-refractivity contribution in [3.05, 3.63) is 170 Å². The maximum atomic E-state index is 15.7. The van der Waals surface area contributed by atoms with Gasteiger partial charge in [-0.15, -0.1) is 0 Å². The van der Waals surface area contributed by atoms with Crippen LogP contribution in [0.15, 0.2) is 54.3 Å². The minimum absolute atomic E-state index is 0.259. The van der Waals surface area contributed by atoms with Gasteiger partial charge in [0.2, 0.25) is 17.5 Å². The van der Waals surface area contributed by atoms with Crippen LogP contribution in [0, 0.1) is 112 Å². The number of alkyl halides is 3. The molecule has 7 rings (SSSR count). The Bertz CT molecular complexity index is 3310. The number of rotatable bonds is 6. The van der Waals surface area contributed by atoms with Crippen LogP contribution in [0.1, 0.15) is 11.1 Å². The molecule has 0 amide bonds. The Kier molecular flexibility index (Phi) is 13.8. The van der Waals surface area contributed by atoms with Crippen LogP contribution in [0.3, 0.4) is 0 Å². The van der Waals surface area contributed by atoms with Crippen molar-refractivity contribution in [2.45, 2.75) is 13.1 Å². The lowest BCUT2D eigenvalue weighted by Gasteiger charge is -2.21. The molecule has 7 aromatic rings. The first-order valence-corrected chi connectivity index (χ1v) is 21.1. The lowest BCUT2D eigenvalue weighted by atomic mass is 9.87. The number of benzene rings is 7. The Labute approximate surface area is 403 Å². The van der Waals surface area contributed by atoms with Gasteiger partial charge in [0.05, 0.1) is 16.7 Å². The summed E-state index contributed by atoms with van der Waals surface area (Å²) in [6, 6.07) is 4.14. The van der Waals surface area contributed by atoms with Gasteiger partial charge in [-0.2, -0.15) is 13.2 Å². The summed E-state index contributed by atoms with van der Waals surface area (Å²) in [5.41, 5.74) is -17.9. The van der Waals surface area contributed by atoms with E-state index in [1.165, 1.54) is 0 Å². The molecule has 0 radical (unpaired) electrons. The largest absolute Gasteiger partial charge is 0.422 e. The van der Waals surface area contributed by atoms with Gasteiger partial charge in [-0.3, -0.25) is 0 Å². The van der Waals surface area contributed by atoms with E-state index in [4.69, 9.17) is 0 Å². The molecule has 7 aromatic carbocycles. The van der Waals surface area contributed by atoms with E-state index < -0.39 is 187 Å². The molecule has 0 aromatic heterocycles. The lowest BCUT2D eigenvalue weighted by molar-refractivity contribution is -0.142. The second kappa shape index (κ2) is 18.3. The van der Waals surface area contributed by atoms with Gasteiger partial charge in [0.1, 0.15) is 11.4 Å². The zero-order valence-electron chi connectivity index (χ0n) is 32.4. The number of hydrogen-bond acceptors (Lipinski definition) is 0. The summed E-state index contributed by atoms with van der Waals surface area (Å²) in [7, 11) is 0. The van der Waals surface area contributed by atoms with Crippen LogP contribution < -0.4 is 0 Å². The third kappa shape index (κ3) is 8.20. The molecule has 0 spiro atoms. The molecule has 0 bridgehead atoms. The molecular formula is C44H9Br4F21. The molecule has 0 aliphatic heterocycles. The van der Waals surface area contributed by atoms with Crippen molar-refractivity contribution >= 4 is 63.7 Å². The molecule has 25 heteroatoms. The van der Waals surface area contributed by atoms with Crippen LogP contribution in [0.4, 0.5) is 92.2 Å². The van der Waals surface area contributed by atoms with Crippen molar-refractivity contribution in [1.82, 2.24) is 0 Å². The van der Waals surface area contributed by atoms with Crippen molar-refractivity contribution in [3.63, 3.8) is 0 Å². The Balaban J connectivity index is 1.54. The number of halogens is 25. The molecule has 0 heterocycles. The summed E-state index contributed by atoms with van der Waals surface area (Å²) < 4.78 is 308. The van der Waals surface area contributed by atoms with E-state index in [0.717, 1.165) is 12.1 Å². The highest BCUT2D eigenvalue weighted by Gasteiger charge is 2.42. The Morgan fingerprint density at radius 3 is 0.739 bits per heavy atom. The second-order valence-electron chi connectivity index (χ2n) is 14.2. The van der Waals surface area contributed by atoms with Gasteiger partial charge in [-0.1, -0.05) is 63.7 Å². The first-order valence-electron chi connectivity index (χ1n) is 17.9. The molecule has 0 N–H and O–H groups in total. The van der Waals surface area contributed by atoms with Crippen molar-refractivity contribution in [3.8, 4) is 66.8 Å². The van der Waals surface area contributed by atoms with Crippen molar-refractivity contribution in [1.29, 1.82) is 0 Å². The SMILES string of the molecule is Cc1c(F)c(C(F)(F)F)c(F)c(F)c1-c1cc(Br)c(-c2cc(Br)c(-c3cc(-c4c(F)c(F)c(F)c(F)c4F)c(-c4c(F)c(F)c(F)c(F)c4F)cc3Br)cc2Br)cc1-c1c(F)c(F)c(F)c(F)c1F. The molecule has 0 atom stereocenters. The van der Waals surface area contributed by atoms with Crippen molar-refractivity contribution in [2.75, 3.05) is 0 Å². The maximum Gasteiger partial charge on any atom is 0.422 e. The summed E-state index contributed by atoms with van der Waals surface area (Å²) in [5.74, 6) is -47.2. The fourth-order valence-electron chi connectivity index (χ4n) is 7.22. The maximum absolute atomic E-state index is 15.7. The van der Waals surface area contributed by atoms with E-state index in [-0.39, 0.29) is 20.1 Å². The zero-order valence-corrected chi connectivity index (χ0v) is 38.8. The molecule has 69 heavy (non-hydrogen) atoms. The minimum Gasteiger partial charge on any atom is -0.206 e. The topological polar surface area (TPSA) is 0 Å². The highest BCUT2D eigenvalue weighted by molar-refractivity contribution is 9.11. The highest BCUT2D eigenvalue weighted by Crippen LogP contribution is 2.51. The normalized spacial score (nSPS) is 11.9. The quantitative estimate of drug-likeness (QED) is 0.0884. The molecule has 0 unspecified atom stereocenters. The third-order valence-electron chi connectivity index (χ3n) is 10.4. The zero-order chi connectivity index (χ0) is 51.5. The van der Waals surface area contributed by atoms with Gasteiger partial charge in [0.15, 0.2) is 81.4 Å². The minimum atomic E-state index is -5.86. The molecular weight excluding hydrogens is 1250 g/mol. The van der Waals surface area contributed by atoms with Gasteiger partial charge in [-0.25, -0.2) is 79.0 Å². The van der Waals surface area contributed by atoms with Crippen molar-refractivity contribution < 1.29 is 92.2 Å². The van der Waals surface area contributed by atoms with Crippen LogP contribution in [0.5, 0.6) is 0 Å². The summed E-state index contributed by atoms with van der Waals surface area (Å²) in [6.45, 7) is 0.476. The van der Waals surface area contributed by atoms with Gasteiger partial charge in [0, 0.05) is 23.5 Å². The predicted molar refractivity (Wildman–Crippen MR) is 219 cm³/mol. The van der Waals surface area contributed by atoms with E-state index in [1.54, 1.807) is 0 Å². The van der Waals surface area contributed by atoms with E-state index in [9.17, 15) is 52.7 Å². The average Bonchev–Trinajstić information content (AvgIpc) is 3.28. The summed E-state index contributed by atoms with van der Waals surface area (Å²) >= 11 is 12.3. The molecule has 0 nitrogen and oxygen atoms in total. The molecule has 0 aliphatic carbocycles. The van der Waals surface area contributed by atoms with Gasteiger partial charge in [0.25, 0.3) is 0 Å².